The molecule has 1 aromatic rings. The first kappa shape index (κ1) is 14.4. The molecule has 1 saturated heterocycles. The van der Waals surface area contributed by atoms with E-state index in [2.05, 4.69) is 0 Å². The number of hydrogen-bond donors (Lipinski definition) is 1. The Bertz CT molecular complexity index is 485. The van der Waals surface area contributed by atoms with Gasteiger partial charge in [-0.05, 0) is 43.0 Å². The minimum Gasteiger partial charge on any atom is -0.484 e. The molecule has 0 bridgehead atoms. The van der Waals surface area contributed by atoms with Crippen LogP contribution in [0, 0.1) is 17.2 Å². The van der Waals surface area contributed by atoms with Crippen molar-refractivity contribution in [2.24, 2.45) is 5.92 Å². The lowest BCUT2D eigenvalue weighted by atomic mass is 9.98. The molecule has 1 fully saturated rings. The molecule has 1 N–H and O–H groups in total. The zero-order valence-electron chi connectivity index (χ0n) is 11.3. The maximum Gasteiger partial charge on any atom is 0.260 e. The van der Waals surface area contributed by atoms with Gasteiger partial charge in [-0.15, -0.1) is 0 Å². The molecule has 0 spiro atoms. The highest BCUT2D eigenvalue weighted by Gasteiger charge is 2.22. The van der Waals surface area contributed by atoms with Crippen LogP contribution in [0.2, 0.25) is 0 Å². The summed E-state index contributed by atoms with van der Waals surface area (Å²) in [6.45, 7) is 1.57. The Morgan fingerprint density at radius 1 is 1.35 bits per heavy atom. The van der Waals surface area contributed by atoms with Gasteiger partial charge in [-0.25, -0.2) is 0 Å². The van der Waals surface area contributed by atoms with E-state index in [4.69, 9.17) is 15.1 Å². The lowest BCUT2D eigenvalue weighted by molar-refractivity contribution is -0.134. The van der Waals surface area contributed by atoms with E-state index in [1.165, 1.54) is 0 Å². The standard InChI is InChI=1S/C15H18N2O3/c16-9-12-1-3-14(4-2-12)20-11-15(19)17-7-5-13(10-18)6-8-17/h1-4,13,18H,5-8,10-11H2. The minimum atomic E-state index is -0.0363. The van der Waals surface area contributed by atoms with Gasteiger partial charge in [0.2, 0.25) is 0 Å². The van der Waals surface area contributed by atoms with Crippen LogP contribution in [-0.2, 0) is 4.79 Å². The van der Waals surface area contributed by atoms with Gasteiger partial charge in [-0.3, -0.25) is 4.79 Å². The Kier molecular flexibility index (Phi) is 4.97. The molecule has 1 aliphatic rings. The second-order valence-corrected chi connectivity index (χ2v) is 4.93. The number of aliphatic hydroxyl groups excluding tert-OH is 1. The highest BCUT2D eigenvalue weighted by molar-refractivity contribution is 5.77. The van der Waals surface area contributed by atoms with E-state index in [0.29, 0.717) is 30.3 Å². The molecule has 0 aliphatic carbocycles. The number of rotatable bonds is 4. The fraction of sp³-hybridized carbons (Fsp3) is 0.467. The number of nitriles is 1. The molecule has 0 atom stereocenters. The third kappa shape index (κ3) is 3.72. The average Bonchev–Trinajstić information content (AvgIpc) is 2.53. The van der Waals surface area contributed by atoms with Crippen LogP contribution >= 0.6 is 0 Å². The van der Waals surface area contributed by atoms with Crippen LogP contribution in [0.3, 0.4) is 0 Å². The second-order valence-electron chi connectivity index (χ2n) is 4.93. The third-order valence-corrected chi connectivity index (χ3v) is 3.57. The Hall–Kier alpha value is -2.06. The Labute approximate surface area is 118 Å². The zero-order chi connectivity index (χ0) is 14.4. The number of piperidine rings is 1. The van der Waals surface area contributed by atoms with E-state index < -0.39 is 0 Å². The molecule has 1 amide bonds. The van der Waals surface area contributed by atoms with Crippen molar-refractivity contribution in [3.05, 3.63) is 29.8 Å². The van der Waals surface area contributed by atoms with Crippen LogP contribution in [0.15, 0.2) is 24.3 Å². The Morgan fingerprint density at radius 3 is 2.55 bits per heavy atom. The number of likely N-dealkylation sites (tertiary alicyclic amines) is 1. The number of hydrogen-bond acceptors (Lipinski definition) is 4. The molecule has 1 aromatic carbocycles. The van der Waals surface area contributed by atoms with E-state index >= 15 is 0 Å². The van der Waals surface area contributed by atoms with Crippen LogP contribution in [0.1, 0.15) is 18.4 Å². The van der Waals surface area contributed by atoms with Crippen molar-refractivity contribution in [2.75, 3.05) is 26.3 Å². The van der Waals surface area contributed by atoms with Crippen LogP contribution < -0.4 is 4.74 Å². The van der Waals surface area contributed by atoms with Gasteiger partial charge >= 0.3 is 0 Å². The highest BCUT2D eigenvalue weighted by Crippen LogP contribution is 2.17. The molecule has 5 heteroatoms. The smallest absolute Gasteiger partial charge is 0.260 e. The summed E-state index contributed by atoms with van der Waals surface area (Å²) in [6.07, 6.45) is 1.69. The summed E-state index contributed by atoms with van der Waals surface area (Å²) >= 11 is 0. The number of nitrogens with zero attached hydrogens (tertiary/aromatic N) is 2. The van der Waals surface area contributed by atoms with Crippen molar-refractivity contribution < 1.29 is 14.6 Å². The topological polar surface area (TPSA) is 73.6 Å². The molecule has 1 aliphatic heterocycles. The lowest BCUT2D eigenvalue weighted by Gasteiger charge is -2.31. The summed E-state index contributed by atoms with van der Waals surface area (Å²) in [7, 11) is 0. The third-order valence-electron chi connectivity index (χ3n) is 3.57. The number of ether oxygens (including phenoxy) is 1. The van der Waals surface area contributed by atoms with Gasteiger partial charge < -0.3 is 14.7 Å². The lowest BCUT2D eigenvalue weighted by Crippen LogP contribution is -2.41. The van der Waals surface area contributed by atoms with Gasteiger partial charge in [0.25, 0.3) is 5.91 Å². The summed E-state index contributed by atoms with van der Waals surface area (Å²) in [5.41, 5.74) is 0.565. The highest BCUT2D eigenvalue weighted by atomic mass is 16.5. The van der Waals surface area contributed by atoms with E-state index in [0.717, 1.165) is 12.8 Å². The molecule has 5 nitrogen and oxygen atoms in total. The average molecular weight is 274 g/mol. The summed E-state index contributed by atoms with van der Waals surface area (Å²) in [6, 6.07) is 8.72. The van der Waals surface area contributed by atoms with E-state index in [9.17, 15) is 4.79 Å². The first-order chi connectivity index (χ1) is 9.72. The number of amides is 1. The Balaban J connectivity index is 1.79. The molecule has 1 heterocycles. The van der Waals surface area contributed by atoms with Crippen molar-refractivity contribution in [1.82, 2.24) is 4.90 Å². The molecule has 0 radical (unpaired) electrons. The normalized spacial score (nSPS) is 15.7. The molecular formula is C15H18N2O3. The summed E-state index contributed by atoms with van der Waals surface area (Å²) in [5.74, 6) is 0.867. The predicted octanol–water partition coefficient (Wildman–Crippen LogP) is 1.17. The first-order valence-corrected chi connectivity index (χ1v) is 6.74. The van der Waals surface area contributed by atoms with Crippen LogP contribution in [0.4, 0.5) is 0 Å². The van der Waals surface area contributed by atoms with E-state index in [1.54, 1.807) is 29.2 Å². The number of carbonyl (C=O) groups excluding carboxylic acids is 1. The zero-order valence-corrected chi connectivity index (χ0v) is 11.3. The van der Waals surface area contributed by atoms with Gasteiger partial charge in [0.05, 0.1) is 11.6 Å². The molecule has 2 rings (SSSR count). The number of carbonyl (C=O) groups is 1. The van der Waals surface area contributed by atoms with Crippen LogP contribution in [0.5, 0.6) is 5.75 Å². The van der Waals surface area contributed by atoms with Gasteiger partial charge in [0.15, 0.2) is 6.61 Å². The summed E-state index contributed by atoms with van der Waals surface area (Å²) in [5, 5.41) is 17.7. The summed E-state index contributed by atoms with van der Waals surface area (Å²) < 4.78 is 5.42. The van der Waals surface area contributed by atoms with Crippen molar-refractivity contribution in [3.63, 3.8) is 0 Å². The van der Waals surface area contributed by atoms with Crippen molar-refractivity contribution >= 4 is 5.91 Å². The van der Waals surface area contributed by atoms with Crippen molar-refractivity contribution in [1.29, 1.82) is 5.26 Å². The fourth-order valence-electron chi connectivity index (χ4n) is 2.23. The molecule has 0 unspecified atom stereocenters. The molecule has 0 aromatic heterocycles. The van der Waals surface area contributed by atoms with Crippen molar-refractivity contribution in [3.8, 4) is 11.8 Å². The fourth-order valence-corrected chi connectivity index (χ4v) is 2.23. The maximum atomic E-state index is 12.0. The van der Waals surface area contributed by atoms with Gasteiger partial charge in [-0.2, -0.15) is 5.26 Å². The quantitative estimate of drug-likeness (QED) is 0.894. The second kappa shape index (κ2) is 6.92. The van der Waals surface area contributed by atoms with Gasteiger partial charge in [0.1, 0.15) is 5.75 Å². The number of aliphatic hydroxyl groups is 1. The number of benzene rings is 1. The largest absolute Gasteiger partial charge is 0.484 e. The van der Waals surface area contributed by atoms with Crippen LogP contribution in [-0.4, -0.2) is 42.2 Å². The van der Waals surface area contributed by atoms with Gasteiger partial charge in [-0.1, -0.05) is 0 Å². The molecule has 20 heavy (non-hydrogen) atoms. The van der Waals surface area contributed by atoms with Crippen molar-refractivity contribution in [2.45, 2.75) is 12.8 Å². The van der Waals surface area contributed by atoms with E-state index in [1.807, 2.05) is 6.07 Å². The van der Waals surface area contributed by atoms with Gasteiger partial charge in [0, 0.05) is 19.7 Å². The monoisotopic (exact) mass is 274 g/mol. The maximum absolute atomic E-state index is 12.0. The first-order valence-electron chi connectivity index (χ1n) is 6.74. The summed E-state index contributed by atoms with van der Waals surface area (Å²) in [4.78, 5) is 13.7. The molecular weight excluding hydrogens is 256 g/mol. The molecule has 0 saturated carbocycles. The Morgan fingerprint density at radius 2 is 2.00 bits per heavy atom. The molecule has 106 valence electrons. The SMILES string of the molecule is N#Cc1ccc(OCC(=O)N2CCC(CO)CC2)cc1. The van der Waals surface area contributed by atoms with Crippen LogP contribution in [0.25, 0.3) is 0 Å². The van der Waals surface area contributed by atoms with E-state index in [-0.39, 0.29) is 19.1 Å². The minimum absolute atomic E-state index is 0.00961. The predicted molar refractivity (Wildman–Crippen MR) is 73.0 cm³/mol.